The van der Waals surface area contributed by atoms with Gasteiger partial charge in [-0.25, -0.2) is 0 Å². The number of nitriles is 1. The van der Waals surface area contributed by atoms with Crippen molar-refractivity contribution >= 4 is 27.7 Å². The van der Waals surface area contributed by atoms with Gasteiger partial charge in [0, 0.05) is 35.4 Å². The summed E-state index contributed by atoms with van der Waals surface area (Å²) in [7, 11) is -0.672. The summed E-state index contributed by atoms with van der Waals surface area (Å²) >= 11 is 1.46. The number of hydrogen-bond donors (Lipinski definition) is 0. The van der Waals surface area contributed by atoms with E-state index in [1.165, 1.54) is 11.8 Å². The third-order valence-electron chi connectivity index (χ3n) is 1.78. The summed E-state index contributed by atoms with van der Waals surface area (Å²) in [4.78, 5) is 5.71. The van der Waals surface area contributed by atoms with Gasteiger partial charge in [0.15, 0.2) is 5.17 Å². The number of aliphatic imine (C=N–C) groups is 1. The Kier molecular flexibility index (Phi) is 4.25. The molecule has 1 heterocycles. The van der Waals surface area contributed by atoms with Crippen LogP contribution in [0.5, 0.6) is 0 Å². The zero-order chi connectivity index (χ0) is 9.68. The lowest BCUT2D eigenvalue weighted by Gasteiger charge is -2.27. The summed E-state index contributed by atoms with van der Waals surface area (Å²) in [6, 6.07) is 0. The number of nitrogens with zero attached hydrogens (tertiary/aromatic N) is 3. The highest BCUT2D eigenvalue weighted by molar-refractivity contribution is 8.13. The van der Waals surface area contributed by atoms with Gasteiger partial charge in [-0.1, -0.05) is 11.8 Å². The van der Waals surface area contributed by atoms with Crippen LogP contribution < -0.4 is 0 Å². The van der Waals surface area contributed by atoms with Gasteiger partial charge in [-0.15, -0.1) is 4.99 Å². The zero-order valence-electron chi connectivity index (χ0n) is 7.39. The lowest BCUT2D eigenvalue weighted by atomic mass is 10.5. The van der Waals surface area contributed by atoms with Gasteiger partial charge >= 0.3 is 0 Å². The number of thioether (sulfide) groups is 1. The fraction of sp³-hybridized carbons (Fsp3) is 0.714. The molecule has 1 fully saturated rings. The first-order chi connectivity index (χ1) is 6.27. The fourth-order valence-corrected chi connectivity index (χ4v) is 2.74. The van der Waals surface area contributed by atoms with Crippen molar-refractivity contribution in [3.8, 4) is 6.19 Å². The second-order valence-corrected chi connectivity index (χ2v) is 5.00. The minimum absolute atomic E-state index is 0.672. The Hall–Kier alpha value is -0.540. The van der Waals surface area contributed by atoms with Crippen LogP contribution in [0.25, 0.3) is 0 Å². The summed E-state index contributed by atoms with van der Waals surface area (Å²) in [6.07, 6.45) is 3.67. The molecule has 0 saturated carbocycles. The SMILES string of the molecule is CSC(=NC#N)N1CCS(=O)CC1. The van der Waals surface area contributed by atoms with Crippen LogP contribution in [0, 0.1) is 11.5 Å². The maximum absolute atomic E-state index is 11.1. The van der Waals surface area contributed by atoms with Gasteiger partial charge in [0.05, 0.1) is 0 Å². The van der Waals surface area contributed by atoms with Gasteiger partial charge in [-0.3, -0.25) is 4.21 Å². The molecule has 4 nitrogen and oxygen atoms in total. The van der Waals surface area contributed by atoms with E-state index in [4.69, 9.17) is 5.26 Å². The predicted molar refractivity (Wildman–Crippen MR) is 56.0 cm³/mol. The summed E-state index contributed by atoms with van der Waals surface area (Å²) in [5.41, 5.74) is 0. The molecule has 0 bridgehead atoms. The molecule has 0 unspecified atom stereocenters. The van der Waals surface area contributed by atoms with Crippen molar-refractivity contribution in [3.05, 3.63) is 0 Å². The topological polar surface area (TPSA) is 56.5 Å². The molecule has 1 saturated heterocycles. The van der Waals surface area contributed by atoms with Crippen LogP contribution in [0.4, 0.5) is 0 Å². The molecule has 13 heavy (non-hydrogen) atoms. The third-order valence-corrected chi connectivity index (χ3v) is 3.77. The van der Waals surface area contributed by atoms with Crippen molar-refractivity contribution in [3.63, 3.8) is 0 Å². The van der Waals surface area contributed by atoms with Gasteiger partial charge in [-0.05, 0) is 6.26 Å². The Balaban J connectivity index is 2.57. The second-order valence-electron chi connectivity index (χ2n) is 2.53. The van der Waals surface area contributed by atoms with E-state index in [1.807, 2.05) is 11.2 Å². The standard InChI is InChI=1S/C7H11N3OS2/c1-12-7(9-6-8)10-2-4-13(11)5-3-10/h2-5H2,1H3. The van der Waals surface area contributed by atoms with Crippen LogP contribution in [0.1, 0.15) is 0 Å². The lowest BCUT2D eigenvalue weighted by molar-refractivity contribution is 0.464. The van der Waals surface area contributed by atoms with Gasteiger partial charge in [0.2, 0.25) is 6.19 Å². The minimum Gasteiger partial charge on any atom is -0.349 e. The second kappa shape index (κ2) is 5.25. The van der Waals surface area contributed by atoms with Crippen molar-refractivity contribution < 1.29 is 4.21 Å². The van der Waals surface area contributed by atoms with Crippen molar-refractivity contribution in [2.75, 3.05) is 30.9 Å². The monoisotopic (exact) mass is 217 g/mol. The molecular weight excluding hydrogens is 206 g/mol. The fourth-order valence-electron chi connectivity index (χ4n) is 1.12. The van der Waals surface area contributed by atoms with Crippen LogP contribution in [-0.4, -0.2) is 45.1 Å². The molecule has 0 aromatic rings. The van der Waals surface area contributed by atoms with Crippen molar-refractivity contribution in [1.82, 2.24) is 4.90 Å². The summed E-state index contributed by atoms with van der Waals surface area (Å²) in [5.74, 6) is 1.37. The van der Waals surface area contributed by atoms with Gasteiger partial charge < -0.3 is 4.90 Å². The van der Waals surface area contributed by atoms with Crippen LogP contribution in [0.3, 0.4) is 0 Å². The number of rotatable bonds is 0. The quantitative estimate of drug-likeness (QED) is 0.331. The van der Waals surface area contributed by atoms with E-state index in [2.05, 4.69) is 4.99 Å². The first kappa shape index (κ1) is 10.5. The summed E-state index contributed by atoms with van der Waals surface area (Å²) in [5, 5.41) is 9.15. The van der Waals surface area contributed by atoms with Crippen LogP contribution in [0.15, 0.2) is 4.99 Å². The van der Waals surface area contributed by atoms with E-state index in [1.54, 1.807) is 6.19 Å². The molecule has 0 radical (unpaired) electrons. The molecule has 0 atom stereocenters. The molecular formula is C7H11N3OS2. The van der Waals surface area contributed by atoms with E-state index in [0.717, 1.165) is 18.3 Å². The summed E-state index contributed by atoms with van der Waals surface area (Å²) in [6.45, 7) is 1.49. The molecule has 6 heteroatoms. The van der Waals surface area contributed by atoms with E-state index in [9.17, 15) is 4.21 Å². The Bertz CT molecular complexity index is 261. The molecule has 72 valence electrons. The van der Waals surface area contributed by atoms with E-state index in [0.29, 0.717) is 11.5 Å². The lowest BCUT2D eigenvalue weighted by Crippen LogP contribution is -2.40. The molecule has 0 aromatic carbocycles. The van der Waals surface area contributed by atoms with Crippen molar-refractivity contribution in [1.29, 1.82) is 5.26 Å². The molecule has 1 aliphatic heterocycles. The Morgan fingerprint density at radius 3 is 2.69 bits per heavy atom. The molecule has 0 N–H and O–H groups in total. The smallest absolute Gasteiger partial charge is 0.208 e. The molecule has 0 aromatic heterocycles. The Labute approximate surface area is 84.5 Å². The summed E-state index contributed by atoms with van der Waals surface area (Å²) < 4.78 is 11.1. The minimum atomic E-state index is -0.672. The first-order valence-electron chi connectivity index (χ1n) is 3.88. The predicted octanol–water partition coefficient (Wildman–Crippen LogP) is 0.251. The van der Waals surface area contributed by atoms with Gasteiger partial charge in [0.1, 0.15) is 0 Å². The van der Waals surface area contributed by atoms with Crippen molar-refractivity contribution in [2.24, 2.45) is 4.99 Å². The maximum Gasteiger partial charge on any atom is 0.208 e. The average Bonchev–Trinajstić information content (AvgIpc) is 2.16. The van der Waals surface area contributed by atoms with E-state index in [-0.39, 0.29) is 0 Å². The van der Waals surface area contributed by atoms with Crippen molar-refractivity contribution in [2.45, 2.75) is 0 Å². The number of amidine groups is 1. The molecule has 0 spiro atoms. The van der Waals surface area contributed by atoms with E-state index < -0.39 is 10.8 Å². The molecule has 0 aliphatic carbocycles. The molecule has 0 amide bonds. The van der Waals surface area contributed by atoms with Gasteiger partial charge in [-0.2, -0.15) is 5.26 Å². The van der Waals surface area contributed by atoms with Crippen LogP contribution >= 0.6 is 11.8 Å². The Morgan fingerprint density at radius 1 is 1.62 bits per heavy atom. The first-order valence-corrected chi connectivity index (χ1v) is 6.60. The normalized spacial score (nSPS) is 20.0. The van der Waals surface area contributed by atoms with Crippen LogP contribution in [0.2, 0.25) is 0 Å². The number of hydrogen-bond acceptors (Lipinski definition) is 4. The molecule has 1 aliphatic rings. The largest absolute Gasteiger partial charge is 0.349 e. The van der Waals surface area contributed by atoms with E-state index >= 15 is 0 Å². The molecule has 1 rings (SSSR count). The highest BCUT2D eigenvalue weighted by atomic mass is 32.2. The average molecular weight is 217 g/mol. The van der Waals surface area contributed by atoms with Crippen LogP contribution in [-0.2, 0) is 10.8 Å². The third kappa shape index (κ3) is 3.01. The maximum atomic E-state index is 11.1. The Morgan fingerprint density at radius 2 is 2.23 bits per heavy atom. The zero-order valence-corrected chi connectivity index (χ0v) is 9.03. The highest BCUT2D eigenvalue weighted by Gasteiger charge is 2.17. The van der Waals surface area contributed by atoms with Gasteiger partial charge in [0.25, 0.3) is 0 Å². The highest BCUT2D eigenvalue weighted by Crippen LogP contribution is 2.08.